The van der Waals surface area contributed by atoms with Crippen LogP contribution in [0, 0.1) is 17.7 Å². The predicted molar refractivity (Wildman–Crippen MR) is 134 cm³/mol. The summed E-state index contributed by atoms with van der Waals surface area (Å²) in [5.74, 6) is 4.28. The number of nitrogens with one attached hydrogen (secondary N) is 1. The maximum Gasteiger partial charge on any atom is 1.00 e. The molecule has 196 valence electrons. The Hall–Kier alpha value is -3.15. The van der Waals surface area contributed by atoms with Crippen LogP contribution in [0.25, 0.3) is 21.3 Å². The molecule has 0 aliphatic rings. The van der Waals surface area contributed by atoms with Crippen LogP contribution in [0.15, 0.2) is 29.6 Å². The van der Waals surface area contributed by atoms with E-state index in [-0.39, 0.29) is 63.8 Å². The third kappa shape index (κ3) is 9.62. The van der Waals surface area contributed by atoms with Crippen molar-refractivity contribution in [2.75, 3.05) is 26.4 Å². The molecule has 12 heteroatoms. The molecule has 0 saturated heterocycles. The smallest absolute Gasteiger partial charge is 0.550 e. The summed E-state index contributed by atoms with van der Waals surface area (Å²) in [4.78, 5) is 22.2. The number of hydrogen-bond donors (Lipinski definition) is 1. The van der Waals surface area contributed by atoms with E-state index >= 15 is 0 Å². The van der Waals surface area contributed by atoms with Gasteiger partial charge in [-0.15, -0.1) is 21.5 Å². The molecule has 0 fully saturated rings. The number of nitrogens with zero attached hydrogens (tertiary/aromatic N) is 2. The first-order valence-electron chi connectivity index (χ1n) is 11.5. The fourth-order valence-electron chi connectivity index (χ4n) is 3.12. The zero-order valence-corrected chi connectivity index (χ0v) is 22.6. The number of halogens is 1. The van der Waals surface area contributed by atoms with E-state index in [1.807, 2.05) is 11.4 Å². The van der Waals surface area contributed by atoms with Gasteiger partial charge in [-0.05, 0) is 56.7 Å². The number of ether oxygens (including phenoxy) is 3. The van der Waals surface area contributed by atoms with E-state index in [0.717, 1.165) is 10.1 Å². The van der Waals surface area contributed by atoms with Crippen molar-refractivity contribution in [1.82, 2.24) is 15.5 Å². The quantitative estimate of drug-likeness (QED) is 0.224. The molecule has 1 aromatic carbocycles. The van der Waals surface area contributed by atoms with Gasteiger partial charge in [0.25, 0.3) is 0 Å². The number of carboxylic acids is 1. The van der Waals surface area contributed by atoms with Gasteiger partial charge in [-0.25, -0.2) is 9.18 Å². The predicted octanol–water partition coefficient (Wildman–Crippen LogP) is 0.303. The fourth-order valence-corrected chi connectivity index (χ4v) is 4.02. The zero-order chi connectivity index (χ0) is 26.8. The van der Waals surface area contributed by atoms with E-state index < -0.39 is 23.5 Å². The van der Waals surface area contributed by atoms with Crippen molar-refractivity contribution in [2.45, 2.75) is 39.2 Å². The molecular weight excluding hydrogens is 508 g/mol. The van der Waals surface area contributed by atoms with Crippen molar-refractivity contribution in [2.24, 2.45) is 0 Å². The molecule has 2 aromatic heterocycles. The van der Waals surface area contributed by atoms with Crippen LogP contribution in [0.3, 0.4) is 0 Å². The molecule has 1 amide bonds. The summed E-state index contributed by atoms with van der Waals surface area (Å²) in [6.45, 7) is 6.23. The summed E-state index contributed by atoms with van der Waals surface area (Å²) in [5, 5.41) is 24.3. The molecule has 3 aromatic rings. The fraction of sp³-hybridized carbons (Fsp3) is 0.385. The Labute approximate surface area is 236 Å². The first-order chi connectivity index (χ1) is 17.6. The van der Waals surface area contributed by atoms with Crippen LogP contribution in [-0.4, -0.2) is 54.2 Å². The first-order valence-corrected chi connectivity index (χ1v) is 12.4. The molecule has 0 unspecified atom stereocenters. The first kappa shape index (κ1) is 31.1. The summed E-state index contributed by atoms with van der Waals surface area (Å²) in [5.41, 5.74) is 0.928. The standard InChI is InChI=1S/C26H28FN3O6S.Li/c1-26(2,3)36-25(33)28-11-12-34-13-14-35-21-16-17(27)8-9-19(21)23-24-18(10-15-37-24)20(29-30-23)6-4-5-7-22(31)32;/h8-10,15-16H,5,7,11-14H2,1-3H3,(H,28,33)(H,31,32);/q;+1/p-1. The van der Waals surface area contributed by atoms with Gasteiger partial charge < -0.3 is 29.4 Å². The number of thiophene rings is 1. The van der Waals surface area contributed by atoms with Crippen LogP contribution in [0.2, 0.25) is 0 Å². The Morgan fingerprint density at radius 3 is 2.68 bits per heavy atom. The molecule has 1 N–H and O–H groups in total. The summed E-state index contributed by atoms with van der Waals surface area (Å²) in [7, 11) is 0. The van der Waals surface area contributed by atoms with E-state index in [2.05, 4.69) is 27.4 Å². The normalized spacial score (nSPS) is 10.7. The van der Waals surface area contributed by atoms with Gasteiger partial charge in [-0.2, -0.15) is 0 Å². The second-order valence-electron chi connectivity index (χ2n) is 8.76. The Balaban J connectivity index is 0.00000507. The average Bonchev–Trinajstić information content (AvgIpc) is 3.31. The molecule has 3 rings (SSSR count). The van der Waals surface area contributed by atoms with Crippen molar-refractivity contribution in [3.8, 4) is 28.8 Å². The number of hydrogen-bond acceptors (Lipinski definition) is 9. The van der Waals surface area contributed by atoms with Gasteiger partial charge in [0.2, 0.25) is 0 Å². The van der Waals surface area contributed by atoms with E-state index in [1.54, 1.807) is 26.8 Å². The number of fused-ring (bicyclic) bond motifs is 1. The number of carbonyl (C=O) groups excluding carboxylic acids is 2. The van der Waals surface area contributed by atoms with E-state index in [0.29, 0.717) is 17.0 Å². The van der Waals surface area contributed by atoms with Gasteiger partial charge in [0.1, 0.15) is 35.2 Å². The Bertz CT molecular complexity index is 1320. The molecule has 0 bridgehead atoms. The van der Waals surface area contributed by atoms with Crippen molar-refractivity contribution < 1.29 is 52.2 Å². The number of alkyl carbamates (subject to hydrolysis) is 1. The maximum absolute atomic E-state index is 14.0. The number of aromatic nitrogens is 2. The van der Waals surface area contributed by atoms with Gasteiger partial charge in [0.05, 0.1) is 17.9 Å². The number of amides is 1. The monoisotopic (exact) mass is 535 g/mol. The second kappa shape index (κ2) is 14.7. The van der Waals surface area contributed by atoms with Crippen LogP contribution < -0.4 is 34.0 Å². The van der Waals surface area contributed by atoms with Crippen molar-refractivity contribution >= 4 is 33.5 Å². The van der Waals surface area contributed by atoms with Crippen LogP contribution in [0.5, 0.6) is 5.75 Å². The molecule has 0 spiro atoms. The van der Waals surface area contributed by atoms with Crippen LogP contribution >= 0.6 is 11.3 Å². The number of carbonyl (C=O) groups is 2. The van der Waals surface area contributed by atoms with Crippen molar-refractivity contribution in [3.63, 3.8) is 0 Å². The minimum absolute atomic E-state index is 0. The van der Waals surface area contributed by atoms with Gasteiger partial charge in [0, 0.05) is 36.0 Å². The van der Waals surface area contributed by atoms with Crippen LogP contribution in [0.4, 0.5) is 9.18 Å². The number of benzene rings is 1. The SMILES string of the molecule is CC(C)(C)OC(=O)NCCOCCOc1cc(F)ccc1-c1nnc(C#CCCC(=O)[O-])c2ccsc12.[Li+]. The van der Waals surface area contributed by atoms with E-state index in [1.165, 1.54) is 23.5 Å². The third-order valence-corrected chi connectivity index (χ3v) is 5.57. The largest absolute Gasteiger partial charge is 1.00 e. The summed E-state index contributed by atoms with van der Waals surface area (Å²) in [6.07, 6.45) is -0.537. The zero-order valence-electron chi connectivity index (χ0n) is 21.8. The molecule has 0 aliphatic heterocycles. The number of carboxylic acid groups (broad SMARTS) is 1. The van der Waals surface area contributed by atoms with Gasteiger partial charge in [-0.1, -0.05) is 5.92 Å². The Morgan fingerprint density at radius 2 is 1.95 bits per heavy atom. The average molecular weight is 536 g/mol. The molecule has 0 radical (unpaired) electrons. The molecule has 0 saturated carbocycles. The van der Waals surface area contributed by atoms with Gasteiger partial charge >= 0.3 is 25.0 Å². The minimum atomic E-state index is -1.16. The third-order valence-electron chi connectivity index (χ3n) is 4.64. The summed E-state index contributed by atoms with van der Waals surface area (Å²) >= 11 is 1.43. The van der Waals surface area contributed by atoms with Crippen molar-refractivity contribution in [1.29, 1.82) is 0 Å². The van der Waals surface area contributed by atoms with Gasteiger partial charge in [0.15, 0.2) is 0 Å². The topological polar surface area (TPSA) is 123 Å². The number of rotatable bonds is 10. The molecular formula is C26H27FLiN3O6S. The Kier molecular flexibility index (Phi) is 12.0. The van der Waals surface area contributed by atoms with Crippen LogP contribution in [0.1, 0.15) is 39.3 Å². The molecule has 2 heterocycles. The molecule has 0 aliphatic carbocycles. The number of aliphatic carboxylic acids is 1. The second-order valence-corrected chi connectivity index (χ2v) is 9.68. The summed E-state index contributed by atoms with van der Waals surface area (Å²) < 4.78 is 31.2. The maximum atomic E-state index is 14.0. The minimum Gasteiger partial charge on any atom is -0.550 e. The molecule has 38 heavy (non-hydrogen) atoms. The summed E-state index contributed by atoms with van der Waals surface area (Å²) in [6, 6.07) is 6.01. The van der Waals surface area contributed by atoms with E-state index in [4.69, 9.17) is 14.2 Å². The van der Waals surface area contributed by atoms with Crippen LogP contribution in [-0.2, 0) is 14.3 Å². The van der Waals surface area contributed by atoms with Gasteiger partial charge in [-0.3, -0.25) is 0 Å². The molecule has 9 nitrogen and oxygen atoms in total. The Morgan fingerprint density at radius 1 is 1.16 bits per heavy atom. The van der Waals surface area contributed by atoms with E-state index in [9.17, 15) is 19.1 Å². The molecule has 0 atom stereocenters. The van der Waals surface area contributed by atoms with Crippen molar-refractivity contribution in [3.05, 3.63) is 41.2 Å².